The summed E-state index contributed by atoms with van der Waals surface area (Å²) in [6.45, 7) is 2.97. The Bertz CT molecular complexity index is 705. The molecular weight excluding hydrogens is 278 g/mol. The fourth-order valence-electron chi connectivity index (χ4n) is 2.99. The van der Waals surface area contributed by atoms with E-state index in [9.17, 15) is 4.79 Å². The van der Waals surface area contributed by atoms with Gasteiger partial charge in [-0.25, -0.2) is 0 Å². The largest absolute Gasteiger partial charge is 0.493 e. The first-order valence-corrected chi connectivity index (χ1v) is 8.05. The molecule has 2 aromatic rings. The average Bonchev–Trinajstić information content (AvgIpc) is 2.78. The summed E-state index contributed by atoms with van der Waals surface area (Å²) in [5, 5.41) is 1.05. The number of thiazole rings is 1. The minimum Gasteiger partial charge on any atom is -0.493 e. The number of fused-ring (bicyclic) bond motifs is 5. The molecule has 0 radical (unpaired) electrons. The number of rotatable bonds is 0. The fourth-order valence-corrected chi connectivity index (χ4v) is 5.54. The Balaban J connectivity index is 1.98. The number of ether oxygens (including phenoxy) is 1. The third-order valence-corrected chi connectivity index (χ3v) is 6.43. The second kappa shape index (κ2) is 3.90. The summed E-state index contributed by atoms with van der Waals surface area (Å²) in [5.41, 5.74) is 1.28. The molecule has 2 aliphatic rings. The molecule has 2 atom stereocenters. The van der Waals surface area contributed by atoms with Crippen LogP contribution in [0.25, 0.3) is 0 Å². The van der Waals surface area contributed by atoms with Gasteiger partial charge in [0, 0.05) is 27.5 Å². The standard InChI is InChI=1S/C14H13NO2S2/c1-14-6-17-9-5-3-2-4-8(9)10(14)11-12(18-7-14)15-13(16)19-11/h2-5,10H,6-7H2,1H3,(H,15,16)/t10-,14+/m1/s1. The number of thioether (sulfide) groups is 1. The first-order valence-electron chi connectivity index (χ1n) is 6.25. The number of aromatic nitrogens is 1. The van der Waals surface area contributed by atoms with Crippen LogP contribution in [0.1, 0.15) is 23.3 Å². The molecule has 19 heavy (non-hydrogen) atoms. The van der Waals surface area contributed by atoms with Gasteiger partial charge in [0.1, 0.15) is 5.75 Å². The highest BCUT2D eigenvalue weighted by Crippen LogP contribution is 2.55. The predicted octanol–water partition coefficient (Wildman–Crippen LogP) is 3.07. The molecule has 3 nitrogen and oxygen atoms in total. The van der Waals surface area contributed by atoms with E-state index in [1.807, 2.05) is 18.2 Å². The molecule has 98 valence electrons. The van der Waals surface area contributed by atoms with Crippen molar-refractivity contribution in [1.29, 1.82) is 0 Å². The minimum absolute atomic E-state index is 0.0470. The molecule has 0 bridgehead atoms. The van der Waals surface area contributed by atoms with Crippen molar-refractivity contribution in [3.8, 4) is 5.75 Å². The Morgan fingerprint density at radius 2 is 2.26 bits per heavy atom. The highest BCUT2D eigenvalue weighted by molar-refractivity contribution is 7.99. The number of aromatic amines is 1. The highest BCUT2D eigenvalue weighted by Gasteiger charge is 2.46. The molecule has 0 fully saturated rings. The second-order valence-electron chi connectivity index (χ2n) is 5.41. The van der Waals surface area contributed by atoms with Crippen molar-refractivity contribution in [2.75, 3.05) is 12.4 Å². The molecule has 0 saturated heterocycles. The average molecular weight is 291 g/mol. The van der Waals surface area contributed by atoms with Crippen molar-refractivity contribution in [2.24, 2.45) is 5.41 Å². The van der Waals surface area contributed by atoms with Crippen LogP contribution in [0.2, 0.25) is 0 Å². The van der Waals surface area contributed by atoms with Crippen LogP contribution in [-0.4, -0.2) is 17.3 Å². The summed E-state index contributed by atoms with van der Waals surface area (Å²) in [6, 6.07) is 8.19. The van der Waals surface area contributed by atoms with Crippen LogP contribution in [-0.2, 0) is 0 Å². The van der Waals surface area contributed by atoms with Crippen LogP contribution in [0, 0.1) is 5.41 Å². The van der Waals surface area contributed by atoms with Gasteiger partial charge >= 0.3 is 4.87 Å². The van der Waals surface area contributed by atoms with Gasteiger partial charge in [-0.2, -0.15) is 0 Å². The van der Waals surface area contributed by atoms with Crippen LogP contribution in [0.4, 0.5) is 0 Å². The molecule has 0 saturated carbocycles. The van der Waals surface area contributed by atoms with Crippen molar-refractivity contribution < 1.29 is 4.74 Å². The van der Waals surface area contributed by atoms with Crippen molar-refractivity contribution >= 4 is 23.1 Å². The van der Waals surface area contributed by atoms with Gasteiger partial charge in [0.15, 0.2) is 0 Å². The zero-order valence-corrected chi connectivity index (χ0v) is 12.1. The molecule has 1 aromatic heterocycles. The Kier molecular flexibility index (Phi) is 2.38. The number of hydrogen-bond acceptors (Lipinski definition) is 4. The van der Waals surface area contributed by atoms with E-state index >= 15 is 0 Å². The lowest BCUT2D eigenvalue weighted by Gasteiger charge is -2.44. The SMILES string of the molecule is C[C@@]12COc3ccccc3[C@@H]1c1sc(=O)[nH]c1SC2. The van der Waals surface area contributed by atoms with E-state index in [1.54, 1.807) is 11.8 Å². The third kappa shape index (κ3) is 1.61. The van der Waals surface area contributed by atoms with Crippen LogP contribution in [0.15, 0.2) is 34.1 Å². The number of hydrogen-bond donors (Lipinski definition) is 1. The van der Waals surface area contributed by atoms with E-state index in [1.165, 1.54) is 21.8 Å². The molecule has 0 amide bonds. The lowest BCUT2D eigenvalue weighted by molar-refractivity contribution is 0.137. The first-order chi connectivity index (χ1) is 9.17. The van der Waals surface area contributed by atoms with Crippen LogP contribution < -0.4 is 9.61 Å². The molecule has 0 aliphatic carbocycles. The van der Waals surface area contributed by atoms with Crippen molar-refractivity contribution in [3.05, 3.63) is 44.4 Å². The van der Waals surface area contributed by atoms with Gasteiger partial charge in [-0.15, -0.1) is 11.8 Å². The van der Waals surface area contributed by atoms with Crippen molar-refractivity contribution in [3.63, 3.8) is 0 Å². The lowest BCUT2D eigenvalue weighted by atomic mass is 9.72. The molecule has 0 unspecified atom stereocenters. The molecule has 1 N–H and O–H groups in total. The van der Waals surface area contributed by atoms with Gasteiger partial charge in [-0.1, -0.05) is 36.5 Å². The van der Waals surface area contributed by atoms with E-state index in [4.69, 9.17) is 4.74 Å². The summed E-state index contributed by atoms with van der Waals surface area (Å²) in [5.74, 6) is 2.22. The predicted molar refractivity (Wildman–Crippen MR) is 77.6 cm³/mol. The molecule has 4 rings (SSSR count). The van der Waals surface area contributed by atoms with E-state index in [-0.39, 0.29) is 16.2 Å². The normalized spacial score (nSPS) is 27.9. The molecule has 0 spiro atoms. The Morgan fingerprint density at radius 3 is 3.16 bits per heavy atom. The molecular formula is C14H13NO2S2. The van der Waals surface area contributed by atoms with Gasteiger partial charge in [0.25, 0.3) is 0 Å². The smallest absolute Gasteiger partial charge is 0.305 e. The van der Waals surface area contributed by atoms with Gasteiger partial charge in [-0.3, -0.25) is 4.79 Å². The van der Waals surface area contributed by atoms with Gasteiger partial charge in [0.05, 0.1) is 11.6 Å². The quantitative estimate of drug-likeness (QED) is 0.811. The maximum Gasteiger partial charge on any atom is 0.305 e. The van der Waals surface area contributed by atoms with Crippen LogP contribution in [0.5, 0.6) is 5.75 Å². The van der Waals surface area contributed by atoms with Crippen molar-refractivity contribution in [2.45, 2.75) is 17.9 Å². The van der Waals surface area contributed by atoms with E-state index in [0.717, 1.165) is 16.5 Å². The number of benzene rings is 1. The summed E-state index contributed by atoms with van der Waals surface area (Å²) in [6.07, 6.45) is 0. The monoisotopic (exact) mass is 291 g/mol. The lowest BCUT2D eigenvalue weighted by Crippen LogP contribution is -2.40. The Hall–Kier alpha value is -1.20. The molecule has 1 aromatic carbocycles. The summed E-state index contributed by atoms with van der Waals surface area (Å²) < 4.78 is 5.92. The fraction of sp³-hybridized carbons (Fsp3) is 0.357. The van der Waals surface area contributed by atoms with Gasteiger partial charge < -0.3 is 9.72 Å². The summed E-state index contributed by atoms with van der Waals surface area (Å²) in [7, 11) is 0. The number of para-hydroxylation sites is 1. The Labute approximate surface area is 119 Å². The van der Waals surface area contributed by atoms with Gasteiger partial charge in [0.2, 0.25) is 0 Å². The third-order valence-electron chi connectivity index (χ3n) is 3.93. The van der Waals surface area contributed by atoms with E-state index in [2.05, 4.69) is 18.0 Å². The first kappa shape index (κ1) is 11.6. The topological polar surface area (TPSA) is 42.1 Å². The number of H-pyrrole nitrogens is 1. The zero-order valence-electron chi connectivity index (χ0n) is 10.4. The van der Waals surface area contributed by atoms with E-state index in [0.29, 0.717) is 6.61 Å². The summed E-state index contributed by atoms with van der Waals surface area (Å²) in [4.78, 5) is 15.9. The highest BCUT2D eigenvalue weighted by atomic mass is 32.2. The van der Waals surface area contributed by atoms with Crippen molar-refractivity contribution in [1.82, 2.24) is 4.98 Å². The van der Waals surface area contributed by atoms with Crippen LogP contribution in [0.3, 0.4) is 0 Å². The molecule has 2 aliphatic heterocycles. The molecule has 5 heteroatoms. The molecule has 3 heterocycles. The minimum atomic E-state index is 0.0470. The Morgan fingerprint density at radius 1 is 1.42 bits per heavy atom. The summed E-state index contributed by atoms with van der Waals surface area (Å²) >= 11 is 3.09. The van der Waals surface area contributed by atoms with Crippen LogP contribution >= 0.6 is 23.1 Å². The second-order valence-corrected chi connectivity index (χ2v) is 7.41. The maximum atomic E-state index is 11.7. The van der Waals surface area contributed by atoms with E-state index < -0.39 is 0 Å². The zero-order chi connectivity index (χ0) is 13.0. The maximum absolute atomic E-state index is 11.7. The number of nitrogens with one attached hydrogen (secondary N) is 1. The van der Waals surface area contributed by atoms with Gasteiger partial charge in [-0.05, 0) is 6.07 Å².